The number of nitrogens with zero attached hydrogens (tertiary/aromatic N) is 2. The van der Waals surface area contributed by atoms with Crippen molar-refractivity contribution < 1.29 is 9.53 Å². The minimum Gasteiger partial charge on any atom is -0.369 e. The molecular formula is C13H17BrN2O2. The van der Waals surface area contributed by atoms with Gasteiger partial charge >= 0.3 is 0 Å². The Labute approximate surface area is 115 Å². The number of hydrogen-bond acceptors (Lipinski definition) is 3. The van der Waals surface area contributed by atoms with Crippen molar-refractivity contribution in [1.82, 2.24) is 9.88 Å². The summed E-state index contributed by atoms with van der Waals surface area (Å²) < 4.78 is 6.52. The molecule has 1 unspecified atom stereocenters. The van der Waals surface area contributed by atoms with E-state index in [1.54, 1.807) is 18.3 Å². The number of carbonyl (C=O) groups is 1. The van der Waals surface area contributed by atoms with Crippen molar-refractivity contribution in [1.29, 1.82) is 0 Å². The van der Waals surface area contributed by atoms with Gasteiger partial charge in [-0.2, -0.15) is 0 Å². The Morgan fingerprint density at radius 1 is 1.56 bits per heavy atom. The van der Waals surface area contributed by atoms with Gasteiger partial charge in [0.15, 0.2) is 0 Å². The van der Waals surface area contributed by atoms with Crippen molar-refractivity contribution in [2.45, 2.75) is 32.5 Å². The maximum absolute atomic E-state index is 12.4. The average molecular weight is 313 g/mol. The Bertz CT molecular complexity index is 445. The fourth-order valence-electron chi connectivity index (χ4n) is 2.29. The molecule has 98 valence electrons. The molecule has 2 rings (SSSR count). The van der Waals surface area contributed by atoms with Crippen LogP contribution in [0.4, 0.5) is 0 Å². The third-order valence-electron chi connectivity index (χ3n) is 2.83. The molecule has 0 spiro atoms. The smallest absolute Gasteiger partial charge is 0.255 e. The van der Waals surface area contributed by atoms with Gasteiger partial charge in [-0.1, -0.05) is 0 Å². The Hall–Kier alpha value is -0.940. The van der Waals surface area contributed by atoms with Gasteiger partial charge < -0.3 is 9.64 Å². The number of hydrogen-bond donors (Lipinski definition) is 0. The molecule has 0 aromatic carbocycles. The van der Waals surface area contributed by atoms with Crippen LogP contribution in [0.2, 0.25) is 0 Å². The molecule has 1 aromatic rings. The lowest BCUT2D eigenvalue weighted by Crippen LogP contribution is -2.53. The molecule has 1 aliphatic rings. The molecule has 0 saturated carbocycles. The fourth-order valence-corrected chi connectivity index (χ4v) is 2.53. The van der Waals surface area contributed by atoms with Crippen molar-refractivity contribution in [3.63, 3.8) is 0 Å². The summed E-state index contributed by atoms with van der Waals surface area (Å²) in [5, 5.41) is 0. The van der Waals surface area contributed by atoms with Gasteiger partial charge in [0.1, 0.15) is 4.60 Å². The van der Waals surface area contributed by atoms with Gasteiger partial charge in [0, 0.05) is 19.3 Å². The molecule has 2 heterocycles. The number of carbonyl (C=O) groups excluding carboxylic acids is 1. The fraction of sp³-hybridized carbons (Fsp3) is 0.538. The minimum absolute atomic E-state index is 0.0122. The highest BCUT2D eigenvalue weighted by Gasteiger charge is 2.34. The van der Waals surface area contributed by atoms with E-state index >= 15 is 0 Å². The first-order chi connectivity index (χ1) is 8.37. The van der Waals surface area contributed by atoms with E-state index in [-0.39, 0.29) is 17.6 Å². The number of ether oxygens (including phenoxy) is 1. The Morgan fingerprint density at radius 3 is 2.83 bits per heavy atom. The first-order valence-electron chi connectivity index (χ1n) is 5.96. The van der Waals surface area contributed by atoms with Crippen LogP contribution in [0.15, 0.2) is 22.9 Å². The minimum atomic E-state index is -0.296. The van der Waals surface area contributed by atoms with Crippen LogP contribution in [0.5, 0.6) is 0 Å². The SMILES string of the molecule is CC1CN(C(=O)c2ccc(Br)nc2)CC(C)(C)O1. The van der Waals surface area contributed by atoms with Crippen LogP contribution in [0.25, 0.3) is 0 Å². The van der Waals surface area contributed by atoms with Gasteiger partial charge in [0.05, 0.1) is 17.3 Å². The molecule has 1 atom stereocenters. The van der Waals surface area contributed by atoms with E-state index in [9.17, 15) is 4.79 Å². The predicted molar refractivity (Wildman–Crippen MR) is 72.5 cm³/mol. The third-order valence-corrected chi connectivity index (χ3v) is 3.30. The molecule has 1 fully saturated rings. The van der Waals surface area contributed by atoms with Gasteiger partial charge in [-0.25, -0.2) is 4.98 Å². The first-order valence-corrected chi connectivity index (χ1v) is 6.75. The van der Waals surface area contributed by atoms with Crippen molar-refractivity contribution in [2.75, 3.05) is 13.1 Å². The summed E-state index contributed by atoms with van der Waals surface area (Å²) in [4.78, 5) is 18.3. The maximum Gasteiger partial charge on any atom is 0.255 e. The topological polar surface area (TPSA) is 42.4 Å². The van der Waals surface area contributed by atoms with Crippen molar-refractivity contribution in [2.24, 2.45) is 0 Å². The Morgan fingerprint density at radius 2 is 2.28 bits per heavy atom. The maximum atomic E-state index is 12.4. The summed E-state index contributed by atoms with van der Waals surface area (Å²) >= 11 is 3.26. The number of rotatable bonds is 1. The van der Waals surface area contributed by atoms with Gasteiger partial charge in [0.25, 0.3) is 5.91 Å². The van der Waals surface area contributed by atoms with Gasteiger partial charge in [-0.3, -0.25) is 4.79 Å². The summed E-state index contributed by atoms with van der Waals surface area (Å²) in [6, 6.07) is 3.56. The van der Waals surface area contributed by atoms with E-state index in [1.807, 2.05) is 25.7 Å². The van der Waals surface area contributed by atoms with Crippen LogP contribution >= 0.6 is 15.9 Å². The molecule has 1 saturated heterocycles. The summed E-state index contributed by atoms with van der Waals surface area (Å²) in [6.45, 7) is 7.22. The van der Waals surface area contributed by atoms with Crippen molar-refractivity contribution in [3.8, 4) is 0 Å². The van der Waals surface area contributed by atoms with E-state index in [1.165, 1.54) is 0 Å². The zero-order chi connectivity index (χ0) is 13.3. The van der Waals surface area contributed by atoms with Crippen LogP contribution in [0.3, 0.4) is 0 Å². The second-order valence-electron chi connectivity index (χ2n) is 5.24. The standard InChI is InChI=1S/C13H17BrN2O2/c1-9-7-16(8-13(2,3)18-9)12(17)10-4-5-11(14)15-6-10/h4-6,9H,7-8H2,1-3H3. The molecule has 0 bridgehead atoms. The van der Waals surface area contributed by atoms with Crippen molar-refractivity contribution >= 4 is 21.8 Å². The largest absolute Gasteiger partial charge is 0.369 e. The Balaban J connectivity index is 2.16. The molecule has 18 heavy (non-hydrogen) atoms. The zero-order valence-electron chi connectivity index (χ0n) is 10.8. The first kappa shape index (κ1) is 13.5. The molecule has 0 aliphatic carbocycles. The second-order valence-corrected chi connectivity index (χ2v) is 6.06. The highest BCUT2D eigenvalue weighted by Crippen LogP contribution is 2.22. The number of amides is 1. The number of halogens is 1. The van der Waals surface area contributed by atoms with Gasteiger partial charge in [0.2, 0.25) is 0 Å². The van der Waals surface area contributed by atoms with E-state index < -0.39 is 0 Å². The zero-order valence-corrected chi connectivity index (χ0v) is 12.4. The third kappa shape index (κ3) is 3.09. The van der Waals surface area contributed by atoms with Crippen LogP contribution in [-0.2, 0) is 4.74 Å². The second kappa shape index (κ2) is 4.97. The summed E-state index contributed by atoms with van der Waals surface area (Å²) in [5.74, 6) is 0.0122. The van der Waals surface area contributed by atoms with Gasteiger partial charge in [-0.15, -0.1) is 0 Å². The molecule has 1 amide bonds. The van der Waals surface area contributed by atoms with Crippen LogP contribution in [0, 0.1) is 0 Å². The van der Waals surface area contributed by atoms with E-state index in [0.717, 1.165) is 4.60 Å². The molecular weight excluding hydrogens is 296 g/mol. The van der Waals surface area contributed by atoms with Gasteiger partial charge in [-0.05, 0) is 48.8 Å². The number of aromatic nitrogens is 1. The molecule has 1 aliphatic heterocycles. The molecule has 0 radical (unpaired) electrons. The average Bonchev–Trinajstić information content (AvgIpc) is 2.26. The molecule has 0 N–H and O–H groups in total. The normalized spacial score (nSPS) is 22.9. The summed E-state index contributed by atoms with van der Waals surface area (Å²) in [7, 11) is 0. The lowest BCUT2D eigenvalue weighted by atomic mass is 10.0. The molecule has 5 heteroatoms. The predicted octanol–water partition coefficient (Wildman–Crippen LogP) is 2.48. The van der Waals surface area contributed by atoms with Crippen LogP contribution in [-0.4, -0.2) is 40.6 Å². The number of morpholine rings is 1. The lowest BCUT2D eigenvalue weighted by molar-refractivity contribution is -0.118. The molecule has 1 aromatic heterocycles. The lowest BCUT2D eigenvalue weighted by Gasteiger charge is -2.41. The summed E-state index contributed by atoms with van der Waals surface area (Å²) in [5.41, 5.74) is 0.318. The van der Waals surface area contributed by atoms with Crippen LogP contribution in [0.1, 0.15) is 31.1 Å². The van der Waals surface area contributed by atoms with E-state index in [0.29, 0.717) is 18.7 Å². The van der Waals surface area contributed by atoms with Crippen LogP contribution < -0.4 is 0 Å². The van der Waals surface area contributed by atoms with E-state index in [2.05, 4.69) is 20.9 Å². The van der Waals surface area contributed by atoms with E-state index in [4.69, 9.17) is 4.74 Å². The highest BCUT2D eigenvalue weighted by atomic mass is 79.9. The molecule has 4 nitrogen and oxygen atoms in total. The Kier molecular flexibility index (Phi) is 3.73. The van der Waals surface area contributed by atoms with Crippen molar-refractivity contribution in [3.05, 3.63) is 28.5 Å². The quantitative estimate of drug-likeness (QED) is 0.748. The number of pyridine rings is 1. The summed E-state index contributed by atoms with van der Waals surface area (Å²) in [6.07, 6.45) is 1.65. The highest BCUT2D eigenvalue weighted by molar-refractivity contribution is 9.10. The monoisotopic (exact) mass is 312 g/mol.